The Hall–Kier alpha value is -3.27. The molecule has 24 heavy (non-hydrogen) atoms. The van der Waals surface area contributed by atoms with Crippen LogP contribution in [0.5, 0.6) is 0 Å². The van der Waals surface area contributed by atoms with Crippen LogP contribution < -0.4 is 5.32 Å². The first-order chi connectivity index (χ1) is 11.6. The maximum Gasteiger partial charge on any atom is 0.251 e. The summed E-state index contributed by atoms with van der Waals surface area (Å²) in [4.78, 5) is 34.1. The molecule has 7 heteroatoms. The average molecular weight is 321 g/mol. The van der Waals surface area contributed by atoms with Crippen molar-refractivity contribution in [3.8, 4) is 6.07 Å². The number of hydrogen-bond donors (Lipinski definition) is 1. The quantitative estimate of drug-likeness (QED) is 0.911. The van der Waals surface area contributed by atoms with Gasteiger partial charge in [-0.1, -0.05) is 6.07 Å². The van der Waals surface area contributed by atoms with Gasteiger partial charge in [0.25, 0.3) is 5.91 Å². The van der Waals surface area contributed by atoms with Crippen LogP contribution >= 0.6 is 0 Å². The summed E-state index contributed by atoms with van der Waals surface area (Å²) in [6.45, 7) is 0. The molecule has 0 unspecified atom stereocenters. The van der Waals surface area contributed by atoms with Gasteiger partial charge in [-0.2, -0.15) is 5.26 Å². The number of likely N-dealkylation sites (N-methyl/N-ethyl adjacent to an activating group) is 1. The highest BCUT2D eigenvalue weighted by Crippen LogP contribution is 2.31. The first kappa shape index (κ1) is 15.6. The van der Waals surface area contributed by atoms with Crippen molar-refractivity contribution in [1.82, 2.24) is 20.2 Å². The lowest BCUT2D eigenvalue weighted by molar-refractivity contribution is -0.127. The molecule has 1 aliphatic rings. The molecule has 3 heterocycles. The number of carbonyl (C=O) groups is 2. The van der Waals surface area contributed by atoms with E-state index < -0.39 is 0 Å². The monoisotopic (exact) mass is 321 g/mol. The molecule has 2 amide bonds. The second-order valence-corrected chi connectivity index (χ2v) is 5.56. The Balaban J connectivity index is 1.83. The standard InChI is InChI=1S/C17H15N5O2/c1-22-15(23)8-14(16(22)12-3-2-5-19-10-12)21-17(24)11-4-6-20-13(7-11)9-18/h2-7,10,14,16H,8H2,1H3,(H,21,24)/t14-,16+/m1/s1. The molecule has 120 valence electrons. The molecular weight excluding hydrogens is 306 g/mol. The molecule has 1 fully saturated rings. The van der Waals surface area contributed by atoms with E-state index in [2.05, 4.69) is 15.3 Å². The second kappa shape index (κ2) is 6.46. The SMILES string of the molecule is CN1C(=O)C[C@@H](NC(=O)c2ccnc(C#N)c2)[C@@H]1c1cccnc1. The molecule has 0 aromatic carbocycles. The molecule has 0 radical (unpaired) electrons. The predicted molar refractivity (Wildman–Crippen MR) is 84.6 cm³/mol. The zero-order valence-corrected chi connectivity index (χ0v) is 13.0. The van der Waals surface area contributed by atoms with E-state index in [-0.39, 0.29) is 36.0 Å². The van der Waals surface area contributed by atoms with Gasteiger partial charge in [0.2, 0.25) is 5.91 Å². The Morgan fingerprint density at radius 2 is 2.25 bits per heavy atom. The average Bonchev–Trinajstić information content (AvgIpc) is 2.89. The number of likely N-dealkylation sites (tertiary alicyclic amines) is 1. The number of aromatic nitrogens is 2. The molecule has 1 aliphatic heterocycles. The van der Waals surface area contributed by atoms with Gasteiger partial charge in [-0.3, -0.25) is 14.6 Å². The van der Waals surface area contributed by atoms with Gasteiger partial charge in [0, 0.05) is 37.6 Å². The molecule has 2 aromatic heterocycles. The summed E-state index contributed by atoms with van der Waals surface area (Å²) < 4.78 is 0. The van der Waals surface area contributed by atoms with E-state index in [4.69, 9.17) is 5.26 Å². The van der Waals surface area contributed by atoms with Gasteiger partial charge in [-0.15, -0.1) is 0 Å². The maximum absolute atomic E-state index is 12.5. The predicted octanol–water partition coefficient (Wildman–Crippen LogP) is 1.05. The highest BCUT2D eigenvalue weighted by Gasteiger charge is 2.39. The van der Waals surface area contributed by atoms with Gasteiger partial charge in [0.05, 0.1) is 12.1 Å². The van der Waals surface area contributed by atoms with Crippen molar-refractivity contribution < 1.29 is 9.59 Å². The Morgan fingerprint density at radius 1 is 1.42 bits per heavy atom. The van der Waals surface area contributed by atoms with Gasteiger partial charge < -0.3 is 10.2 Å². The highest BCUT2D eigenvalue weighted by molar-refractivity contribution is 5.95. The minimum atomic E-state index is -0.363. The summed E-state index contributed by atoms with van der Waals surface area (Å²) >= 11 is 0. The molecule has 3 rings (SSSR count). The largest absolute Gasteiger partial charge is 0.346 e. The Kier molecular flexibility index (Phi) is 4.20. The van der Waals surface area contributed by atoms with Gasteiger partial charge in [0.15, 0.2) is 0 Å². The number of carbonyl (C=O) groups excluding carboxylic acids is 2. The maximum atomic E-state index is 12.5. The molecule has 2 atom stereocenters. The van der Waals surface area contributed by atoms with Crippen molar-refractivity contribution in [2.24, 2.45) is 0 Å². The molecule has 7 nitrogen and oxygen atoms in total. The number of nitriles is 1. The van der Waals surface area contributed by atoms with E-state index in [1.807, 2.05) is 12.1 Å². The molecule has 0 aliphatic carbocycles. The van der Waals surface area contributed by atoms with Gasteiger partial charge in [-0.05, 0) is 23.8 Å². The fourth-order valence-electron chi connectivity index (χ4n) is 2.89. The zero-order valence-electron chi connectivity index (χ0n) is 13.0. The van der Waals surface area contributed by atoms with Crippen LogP contribution in [0.25, 0.3) is 0 Å². The Morgan fingerprint density at radius 3 is 2.96 bits per heavy atom. The van der Waals surface area contributed by atoms with Crippen LogP contribution in [0.2, 0.25) is 0 Å². The van der Waals surface area contributed by atoms with Crippen molar-refractivity contribution >= 4 is 11.8 Å². The minimum absolute atomic E-state index is 0.0402. The van der Waals surface area contributed by atoms with Crippen LogP contribution in [-0.2, 0) is 4.79 Å². The van der Waals surface area contributed by atoms with Gasteiger partial charge in [0.1, 0.15) is 11.8 Å². The van der Waals surface area contributed by atoms with Crippen LogP contribution in [0.1, 0.15) is 34.1 Å². The lowest BCUT2D eigenvalue weighted by Gasteiger charge is -2.25. The van der Waals surface area contributed by atoms with E-state index in [1.165, 1.54) is 18.3 Å². The number of hydrogen-bond acceptors (Lipinski definition) is 5. The molecular formula is C17H15N5O2. The third kappa shape index (κ3) is 2.94. The number of amides is 2. The van der Waals surface area contributed by atoms with E-state index in [1.54, 1.807) is 30.4 Å². The van der Waals surface area contributed by atoms with Crippen molar-refractivity contribution in [1.29, 1.82) is 5.26 Å². The van der Waals surface area contributed by atoms with E-state index >= 15 is 0 Å². The normalized spacial score (nSPS) is 19.8. The first-order valence-electron chi connectivity index (χ1n) is 7.42. The topological polar surface area (TPSA) is 99.0 Å². The minimum Gasteiger partial charge on any atom is -0.346 e. The van der Waals surface area contributed by atoms with Crippen molar-refractivity contribution in [3.63, 3.8) is 0 Å². The fourth-order valence-corrected chi connectivity index (χ4v) is 2.89. The van der Waals surface area contributed by atoms with Crippen LogP contribution in [0.4, 0.5) is 0 Å². The lowest BCUT2D eigenvalue weighted by atomic mass is 10.0. The van der Waals surface area contributed by atoms with Crippen LogP contribution in [0.15, 0.2) is 42.9 Å². The molecule has 2 aromatic rings. The summed E-state index contributed by atoms with van der Waals surface area (Å²) in [6, 6.07) is 7.91. The summed E-state index contributed by atoms with van der Waals surface area (Å²) in [5.74, 6) is -0.377. The smallest absolute Gasteiger partial charge is 0.251 e. The number of pyridine rings is 2. The Bertz CT molecular complexity index is 815. The molecule has 1 N–H and O–H groups in total. The number of nitrogens with one attached hydrogen (secondary N) is 1. The third-order valence-electron chi connectivity index (χ3n) is 4.07. The highest BCUT2D eigenvalue weighted by atomic mass is 16.2. The molecule has 1 saturated heterocycles. The van der Waals surface area contributed by atoms with Crippen LogP contribution in [-0.4, -0.2) is 39.8 Å². The van der Waals surface area contributed by atoms with Gasteiger partial charge >= 0.3 is 0 Å². The Labute approximate surface area is 139 Å². The summed E-state index contributed by atoms with van der Waals surface area (Å²) in [6.07, 6.45) is 4.99. The zero-order chi connectivity index (χ0) is 17.1. The van der Waals surface area contributed by atoms with Crippen LogP contribution in [0, 0.1) is 11.3 Å². The summed E-state index contributed by atoms with van der Waals surface area (Å²) in [7, 11) is 1.71. The number of rotatable bonds is 3. The van der Waals surface area contributed by atoms with Gasteiger partial charge in [-0.25, -0.2) is 4.98 Å². The van der Waals surface area contributed by atoms with Crippen molar-refractivity contribution in [3.05, 3.63) is 59.7 Å². The lowest BCUT2D eigenvalue weighted by Crippen LogP contribution is -2.39. The molecule has 0 saturated carbocycles. The van der Waals surface area contributed by atoms with E-state index in [0.717, 1.165) is 5.56 Å². The van der Waals surface area contributed by atoms with Crippen LogP contribution in [0.3, 0.4) is 0 Å². The molecule has 0 spiro atoms. The third-order valence-corrected chi connectivity index (χ3v) is 4.07. The molecule has 0 bridgehead atoms. The summed E-state index contributed by atoms with van der Waals surface area (Å²) in [5, 5.41) is 11.8. The van der Waals surface area contributed by atoms with Crippen molar-refractivity contribution in [2.45, 2.75) is 18.5 Å². The van der Waals surface area contributed by atoms with E-state index in [9.17, 15) is 9.59 Å². The summed E-state index contributed by atoms with van der Waals surface area (Å²) in [5.41, 5.74) is 1.38. The fraction of sp³-hybridized carbons (Fsp3) is 0.235. The number of nitrogens with zero attached hydrogens (tertiary/aromatic N) is 4. The first-order valence-corrected chi connectivity index (χ1v) is 7.42. The second-order valence-electron chi connectivity index (χ2n) is 5.56. The van der Waals surface area contributed by atoms with Crippen molar-refractivity contribution in [2.75, 3.05) is 7.05 Å². The van der Waals surface area contributed by atoms with E-state index in [0.29, 0.717) is 5.56 Å².